The smallest absolute Gasteiger partial charge is 0.0687 e. The van der Waals surface area contributed by atoms with Crippen LogP contribution < -0.4 is 11.1 Å². The van der Waals surface area contributed by atoms with Crippen molar-refractivity contribution in [2.24, 2.45) is 0 Å². The van der Waals surface area contributed by atoms with Gasteiger partial charge in [-0.1, -0.05) is 15.9 Å². The number of anilines is 2. The largest absolute Gasteiger partial charge is 0.397 e. The summed E-state index contributed by atoms with van der Waals surface area (Å²) < 4.78 is 6.14. The molecule has 0 aliphatic carbocycles. The van der Waals surface area contributed by atoms with Crippen LogP contribution in [0.15, 0.2) is 22.7 Å². The second-order valence-electron chi connectivity index (χ2n) is 4.17. The molecule has 0 aliphatic heterocycles. The summed E-state index contributed by atoms with van der Waals surface area (Å²) in [4.78, 5) is 0. The number of ether oxygens (including phenoxy) is 1. The van der Waals surface area contributed by atoms with Crippen molar-refractivity contribution in [1.82, 2.24) is 0 Å². The molecule has 0 saturated heterocycles. The Morgan fingerprint density at radius 2 is 2.13 bits per heavy atom. The van der Waals surface area contributed by atoms with Crippen molar-refractivity contribution >= 4 is 27.3 Å². The topological polar surface area (TPSA) is 47.3 Å². The van der Waals surface area contributed by atoms with Gasteiger partial charge >= 0.3 is 0 Å². The van der Waals surface area contributed by atoms with Crippen molar-refractivity contribution in [3.05, 3.63) is 22.7 Å². The number of nitrogens with two attached hydrogens (primary N) is 1. The Morgan fingerprint density at radius 3 is 2.73 bits per heavy atom. The maximum absolute atomic E-state index is 5.87. The third-order valence-corrected chi connectivity index (χ3v) is 2.49. The highest BCUT2D eigenvalue weighted by Gasteiger charge is 2.18. The highest BCUT2D eigenvalue weighted by atomic mass is 79.9. The van der Waals surface area contributed by atoms with Gasteiger partial charge < -0.3 is 15.8 Å². The predicted molar refractivity (Wildman–Crippen MR) is 68.1 cm³/mol. The van der Waals surface area contributed by atoms with Gasteiger partial charge in [0.25, 0.3) is 0 Å². The van der Waals surface area contributed by atoms with Crippen molar-refractivity contribution in [1.29, 1.82) is 0 Å². The fourth-order valence-corrected chi connectivity index (χ4v) is 1.76. The van der Waals surface area contributed by atoms with E-state index in [1.807, 2.05) is 18.2 Å². The zero-order chi connectivity index (χ0) is 11.5. The van der Waals surface area contributed by atoms with Crippen LogP contribution in [0.2, 0.25) is 0 Å². The summed E-state index contributed by atoms with van der Waals surface area (Å²) in [5.41, 5.74) is 7.39. The highest BCUT2D eigenvalue weighted by molar-refractivity contribution is 9.10. The molecule has 1 aromatic carbocycles. The molecule has 1 aromatic rings. The molecule has 0 atom stereocenters. The molecule has 3 nitrogen and oxygen atoms in total. The monoisotopic (exact) mass is 272 g/mol. The van der Waals surface area contributed by atoms with Gasteiger partial charge in [-0.15, -0.1) is 0 Å². The minimum atomic E-state index is -0.135. The maximum atomic E-state index is 5.87. The molecule has 0 bridgehead atoms. The van der Waals surface area contributed by atoms with Crippen LogP contribution in [0.5, 0.6) is 0 Å². The number of hydrogen-bond donors (Lipinski definition) is 2. The normalized spacial score (nSPS) is 11.5. The minimum absolute atomic E-state index is 0.135. The number of rotatable bonds is 4. The number of halogens is 1. The van der Waals surface area contributed by atoms with Gasteiger partial charge in [-0.05, 0) is 32.0 Å². The Kier molecular flexibility index (Phi) is 3.99. The van der Waals surface area contributed by atoms with Crippen molar-refractivity contribution in [3.63, 3.8) is 0 Å². The number of methoxy groups -OCH3 is 1. The number of nitrogens with one attached hydrogen (secondary N) is 1. The lowest BCUT2D eigenvalue weighted by atomic mass is 10.1. The first-order valence-electron chi connectivity index (χ1n) is 4.77. The van der Waals surface area contributed by atoms with Crippen molar-refractivity contribution in [3.8, 4) is 0 Å². The summed E-state index contributed by atoms with van der Waals surface area (Å²) in [6, 6.07) is 5.76. The molecule has 15 heavy (non-hydrogen) atoms. The first-order valence-corrected chi connectivity index (χ1v) is 5.56. The van der Waals surface area contributed by atoms with E-state index >= 15 is 0 Å². The van der Waals surface area contributed by atoms with Gasteiger partial charge in [0.2, 0.25) is 0 Å². The second-order valence-corrected chi connectivity index (χ2v) is 5.09. The number of benzene rings is 1. The Morgan fingerprint density at radius 1 is 1.47 bits per heavy atom. The van der Waals surface area contributed by atoms with E-state index in [0.717, 1.165) is 15.8 Å². The van der Waals surface area contributed by atoms with E-state index in [-0.39, 0.29) is 5.54 Å². The Labute approximate surface area is 99.1 Å². The molecule has 0 unspecified atom stereocenters. The van der Waals surface area contributed by atoms with Gasteiger partial charge in [-0.25, -0.2) is 0 Å². The lowest BCUT2D eigenvalue weighted by Crippen LogP contribution is -2.36. The molecule has 0 fully saturated rings. The van der Waals surface area contributed by atoms with E-state index in [0.29, 0.717) is 6.61 Å². The van der Waals surface area contributed by atoms with E-state index in [2.05, 4.69) is 35.1 Å². The number of hydrogen-bond acceptors (Lipinski definition) is 3. The summed E-state index contributed by atoms with van der Waals surface area (Å²) in [6.07, 6.45) is 0. The summed E-state index contributed by atoms with van der Waals surface area (Å²) in [7, 11) is 1.69. The quantitative estimate of drug-likeness (QED) is 0.829. The Balaban J connectivity index is 2.83. The van der Waals surface area contributed by atoms with Gasteiger partial charge in [-0.2, -0.15) is 0 Å². The van der Waals surface area contributed by atoms with Crippen LogP contribution >= 0.6 is 15.9 Å². The zero-order valence-electron chi connectivity index (χ0n) is 9.30. The van der Waals surface area contributed by atoms with Crippen LogP contribution in [-0.2, 0) is 4.74 Å². The van der Waals surface area contributed by atoms with Crippen LogP contribution in [0.3, 0.4) is 0 Å². The standard InChI is InChI=1S/C11H17BrN2O/c1-11(2,7-15-3)14-10-6-8(12)4-5-9(10)13/h4-6,14H,7,13H2,1-3H3. The summed E-state index contributed by atoms with van der Waals surface area (Å²) >= 11 is 3.42. The average molecular weight is 273 g/mol. The molecular formula is C11H17BrN2O. The summed E-state index contributed by atoms with van der Waals surface area (Å²) in [6.45, 7) is 4.76. The number of nitrogen functional groups attached to an aromatic ring is 1. The zero-order valence-corrected chi connectivity index (χ0v) is 10.9. The summed E-state index contributed by atoms with van der Waals surface area (Å²) in [5.74, 6) is 0. The third kappa shape index (κ3) is 3.72. The van der Waals surface area contributed by atoms with E-state index in [1.165, 1.54) is 0 Å². The van der Waals surface area contributed by atoms with Crippen LogP contribution in [0.4, 0.5) is 11.4 Å². The molecule has 3 N–H and O–H groups in total. The van der Waals surface area contributed by atoms with Crippen LogP contribution in [-0.4, -0.2) is 19.3 Å². The van der Waals surface area contributed by atoms with Crippen molar-refractivity contribution < 1.29 is 4.74 Å². The van der Waals surface area contributed by atoms with Crippen LogP contribution in [0.1, 0.15) is 13.8 Å². The van der Waals surface area contributed by atoms with E-state index in [9.17, 15) is 0 Å². The van der Waals surface area contributed by atoms with E-state index in [1.54, 1.807) is 7.11 Å². The lowest BCUT2D eigenvalue weighted by molar-refractivity contribution is 0.158. The maximum Gasteiger partial charge on any atom is 0.0687 e. The van der Waals surface area contributed by atoms with Gasteiger partial charge in [0.1, 0.15) is 0 Å². The molecule has 0 aromatic heterocycles. The minimum Gasteiger partial charge on any atom is -0.397 e. The van der Waals surface area contributed by atoms with Gasteiger partial charge in [0, 0.05) is 11.6 Å². The fourth-order valence-electron chi connectivity index (χ4n) is 1.40. The lowest BCUT2D eigenvalue weighted by Gasteiger charge is -2.27. The molecule has 0 heterocycles. The molecule has 1 rings (SSSR count). The molecule has 0 radical (unpaired) electrons. The molecule has 0 aliphatic rings. The van der Waals surface area contributed by atoms with E-state index in [4.69, 9.17) is 10.5 Å². The molecule has 0 spiro atoms. The first-order chi connectivity index (χ1) is 6.94. The van der Waals surface area contributed by atoms with E-state index < -0.39 is 0 Å². The van der Waals surface area contributed by atoms with Crippen molar-refractivity contribution in [2.75, 3.05) is 24.8 Å². The highest BCUT2D eigenvalue weighted by Crippen LogP contribution is 2.26. The second kappa shape index (κ2) is 4.86. The van der Waals surface area contributed by atoms with Crippen LogP contribution in [0, 0.1) is 0 Å². The molecule has 0 saturated carbocycles. The Bertz CT molecular complexity index is 339. The fraction of sp³-hybridized carbons (Fsp3) is 0.455. The van der Waals surface area contributed by atoms with Gasteiger partial charge in [0.05, 0.1) is 23.5 Å². The predicted octanol–water partition coefficient (Wildman–Crippen LogP) is 2.87. The first kappa shape index (κ1) is 12.3. The molecule has 84 valence electrons. The third-order valence-electron chi connectivity index (χ3n) is 1.99. The van der Waals surface area contributed by atoms with Crippen molar-refractivity contribution in [2.45, 2.75) is 19.4 Å². The Hall–Kier alpha value is -0.740. The SMILES string of the molecule is COCC(C)(C)Nc1cc(Br)ccc1N. The average Bonchev–Trinajstić information content (AvgIpc) is 2.10. The van der Waals surface area contributed by atoms with Gasteiger partial charge in [-0.3, -0.25) is 0 Å². The molecular weight excluding hydrogens is 256 g/mol. The van der Waals surface area contributed by atoms with Crippen LogP contribution in [0.25, 0.3) is 0 Å². The van der Waals surface area contributed by atoms with Gasteiger partial charge in [0.15, 0.2) is 0 Å². The molecule has 4 heteroatoms. The molecule has 0 amide bonds. The summed E-state index contributed by atoms with van der Waals surface area (Å²) in [5, 5.41) is 3.35.